The highest BCUT2D eigenvalue weighted by Gasteiger charge is 2.37. The molecule has 3 amide bonds. The Balaban J connectivity index is 2.03. The molecule has 1 atom stereocenters. The summed E-state index contributed by atoms with van der Waals surface area (Å²) in [4.78, 5) is 48.0. The van der Waals surface area contributed by atoms with Crippen LogP contribution in [0.3, 0.4) is 0 Å². The van der Waals surface area contributed by atoms with Gasteiger partial charge in [0.15, 0.2) is 6.61 Å². The van der Waals surface area contributed by atoms with Gasteiger partial charge in [-0.3, -0.25) is 19.2 Å². The van der Waals surface area contributed by atoms with Gasteiger partial charge < -0.3 is 30.2 Å². The first kappa shape index (κ1) is 21.3. The first-order valence-corrected chi connectivity index (χ1v) is 8.58. The molecule has 0 radical (unpaired) electrons. The molecule has 10 nitrogen and oxygen atoms in total. The molecular weight excluding hydrogens is 394 g/mol. The average Bonchev–Trinajstić information content (AvgIpc) is 3.05. The van der Waals surface area contributed by atoms with Crippen molar-refractivity contribution in [3.8, 4) is 11.5 Å². The van der Waals surface area contributed by atoms with Gasteiger partial charge in [-0.25, -0.2) is 0 Å². The van der Waals surface area contributed by atoms with Crippen molar-refractivity contribution in [2.75, 3.05) is 38.8 Å². The Morgan fingerprint density at radius 1 is 1.25 bits per heavy atom. The van der Waals surface area contributed by atoms with Gasteiger partial charge in [0.05, 0.1) is 37.4 Å². The predicted molar refractivity (Wildman–Crippen MR) is 98.2 cm³/mol. The molecule has 0 aromatic heterocycles. The quantitative estimate of drug-likeness (QED) is 0.565. The molecule has 1 aromatic carbocycles. The lowest BCUT2D eigenvalue weighted by Crippen LogP contribution is -2.36. The highest BCUT2D eigenvalue weighted by Crippen LogP contribution is 2.40. The van der Waals surface area contributed by atoms with E-state index in [4.69, 9.17) is 31.5 Å². The molecule has 1 aromatic rings. The zero-order valence-corrected chi connectivity index (χ0v) is 16.1. The lowest BCUT2D eigenvalue weighted by molar-refractivity contribution is -0.152. The first-order chi connectivity index (χ1) is 13.3. The number of carbonyl (C=O) groups excluding carboxylic acids is 4. The van der Waals surface area contributed by atoms with Gasteiger partial charge in [-0.2, -0.15) is 0 Å². The van der Waals surface area contributed by atoms with Crippen molar-refractivity contribution in [2.45, 2.75) is 6.42 Å². The van der Waals surface area contributed by atoms with Crippen LogP contribution in [0.1, 0.15) is 6.42 Å². The number of rotatable bonds is 8. The minimum absolute atomic E-state index is 0.0413. The van der Waals surface area contributed by atoms with Crippen molar-refractivity contribution >= 4 is 41.0 Å². The van der Waals surface area contributed by atoms with Crippen LogP contribution in [0.25, 0.3) is 0 Å². The largest absolute Gasteiger partial charge is 0.495 e. The number of hydrogen-bond acceptors (Lipinski definition) is 7. The summed E-state index contributed by atoms with van der Waals surface area (Å²) >= 11 is 6.13. The Hall–Kier alpha value is -3.01. The van der Waals surface area contributed by atoms with Crippen molar-refractivity contribution in [1.29, 1.82) is 0 Å². The molecular formula is C17H20ClN3O7. The Bertz CT molecular complexity index is 799. The summed E-state index contributed by atoms with van der Waals surface area (Å²) in [6, 6.07) is 3.06. The van der Waals surface area contributed by atoms with Gasteiger partial charge in [0, 0.05) is 19.0 Å². The molecule has 0 aliphatic carbocycles. The van der Waals surface area contributed by atoms with Crippen LogP contribution in [0.4, 0.5) is 5.69 Å². The number of carbonyl (C=O) groups is 4. The van der Waals surface area contributed by atoms with Crippen molar-refractivity contribution in [3.63, 3.8) is 0 Å². The number of nitrogens with one attached hydrogen (secondary N) is 1. The average molecular weight is 414 g/mol. The van der Waals surface area contributed by atoms with E-state index < -0.39 is 30.3 Å². The second-order valence-electron chi connectivity index (χ2n) is 5.91. The Morgan fingerprint density at radius 3 is 2.54 bits per heavy atom. The van der Waals surface area contributed by atoms with Crippen LogP contribution in [0, 0.1) is 5.92 Å². The van der Waals surface area contributed by atoms with Gasteiger partial charge in [-0.1, -0.05) is 11.6 Å². The number of methoxy groups -OCH3 is 2. The summed E-state index contributed by atoms with van der Waals surface area (Å²) in [7, 11) is 2.89. The van der Waals surface area contributed by atoms with E-state index in [0.717, 1.165) is 0 Å². The number of benzene rings is 1. The smallest absolute Gasteiger partial charge is 0.311 e. The summed E-state index contributed by atoms with van der Waals surface area (Å²) in [5, 5.41) is 2.47. The van der Waals surface area contributed by atoms with Crippen LogP contribution in [-0.2, 0) is 23.9 Å². The minimum Gasteiger partial charge on any atom is -0.495 e. The third kappa shape index (κ3) is 5.03. The molecule has 0 saturated carbocycles. The molecule has 28 heavy (non-hydrogen) atoms. The van der Waals surface area contributed by atoms with Crippen LogP contribution in [-0.4, -0.2) is 57.6 Å². The van der Waals surface area contributed by atoms with Crippen molar-refractivity contribution in [1.82, 2.24) is 5.32 Å². The first-order valence-electron chi connectivity index (χ1n) is 8.20. The van der Waals surface area contributed by atoms with Crippen LogP contribution < -0.4 is 25.4 Å². The molecule has 1 fully saturated rings. The monoisotopic (exact) mass is 413 g/mol. The number of anilines is 1. The van der Waals surface area contributed by atoms with E-state index in [1.54, 1.807) is 6.07 Å². The summed E-state index contributed by atoms with van der Waals surface area (Å²) in [5.41, 5.74) is 5.30. The van der Waals surface area contributed by atoms with E-state index in [2.05, 4.69) is 5.32 Å². The lowest BCUT2D eigenvalue weighted by atomic mass is 10.1. The zero-order chi connectivity index (χ0) is 20.8. The number of nitrogens with two attached hydrogens (primary N) is 1. The second kappa shape index (κ2) is 9.27. The molecule has 0 bridgehead atoms. The molecule has 2 rings (SSSR count). The summed E-state index contributed by atoms with van der Waals surface area (Å²) in [5.74, 6) is -2.44. The number of amides is 3. The maximum Gasteiger partial charge on any atom is 0.311 e. The van der Waals surface area contributed by atoms with Crippen molar-refractivity contribution < 1.29 is 33.4 Å². The van der Waals surface area contributed by atoms with Crippen LogP contribution in [0.15, 0.2) is 12.1 Å². The highest BCUT2D eigenvalue weighted by molar-refractivity contribution is 6.32. The Kier molecular flexibility index (Phi) is 7.05. The fraction of sp³-hybridized carbons (Fsp3) is 0.412. The van der Waals surface area contributed by atoms with E-state index in [1.165, 1.54) is 25.2 Å². The van der Waals surface area contributed by atoms with E-state index in [1.807, 2.05) is 0 Å². The van der Waals surface area contributed by atoms with Gasteiger partial charge in [0.2, 0.25) is 11.8 Å². The van der Waals surface area contributed by atoms with E-state index in [0.29, 0.717) is 17.2 Å². The number of ether oxygens (including phenoxy) is 3. The molecule has 152 valence electrons. The van der Waals surface area contributed by atoms with E-state index in [-0.39, 0.29) is 30.4 Å². The summed E-state index contributed by atoms with van der Waals surface area (Å²) in [6.07, 6.45) is -0.0887. The maximum absolute atomic E-state index is 12.4. The minimum atomic E-state index is -0.762. The Labute approximate surface area is 165 Å². The van der Waals surface area contributed by atoms with Crippen molar-refractivity contribution in [2.24, 2.45) is 11.7 Å². The number of nitrogens with zero attached hydrogens (tertiary/aromatic N) is 1. The van der Waals surface area contributed by atoms with Gasteiger partial charge in [-0.15, -0.1) is 0 Å². The van der Waals surface area contributed by atoms with Gasteiger partial charge in [0.1, 0.15) is 11.5 Å². The van der Waals surface area contributed by atoms with Crippen LogP contribution >= 0.6 is 11.6 Å². The summed E-state index contributed by atoms with van der Waals surface area (Å²) < 4.78 is 15.3. The van der Waals surface area contributed by atoms with E-state index in [9.17, 15) is 19.2 Å². The molecule has 11 heteroatoms. The normalized spacial score (nSPS) is 15.9. The number of esters is 1. The topological polar surface area (TPSA) is 137 Å². The highest BCUT2D eigenvalue weighted by atomic mass is 35.5. The molecule has 1 aliphatic heterocycles. The third-order valence-corrected chi connectivity index (χ3v) is 4.30. The third-order valence-electron chi connectivity index (χ3n) is 4.01. The molecule has 1 heterocycles. The summed E-state index contributed by atoms with van der Waals surface area (Å²) in [6.45, 7) is -0.891. The number of hydrogen-bond donors (Lipinski definition) is 2. The number of primary amides is 1. The second-order valence-corrected chi connectivity index (χ2v) is 6.32. The SMILES string of the molecule is COc1cc(OC)c(N2C[C@H](C(=O)OCC(=O)NCC(N)=O)CC2=O)cc1Cl. The number of halogens is 1. The zero-order valence-electron chi connectivity index (χ0n) is 15.3. The molecule has 1 aliphatic rings. The van der Waals surface area contributed by atoms with Gasteiger partial charge >= 0.3 is 5.97 Å². The standard InChI is InChI=1S/C17H20ClN3O7/c1-26-12-5-13(27-2)11(4-10(12)18)21-7-9(3-16(21)24)17(25)28-8-15(23)20-6-14(19)22/h4-5,9H,3,6-8H2,1-2H3,(H2,19,22)(H,20,23)/t9-/m1/s1. The van der Waals surface area contributed by atoms with Crippen molar-refractivity contribution in [3.05, 3.63) is 17.2 Å². The molecule has 0 spiro atoms. The van der Waals surface area contributed by atoms with E-state index >= 15 is 0 Å². The Morgan fingerprint density at radius 2 is 1.93 bits per heavy atom. The van der Waals surface area contributed by atoms with Crippen LogP contribution in [0.5, 0.6) is 11.5 Å². The molecule has 1 saturated heterocycles. The fourth-order valence-electron chi connectivity index (χ4n) is 2.64. The molecule has 0 unspecified atom stereocenters. The van der Waals surface area contributed by atoms with Crippen LogP contribution in [0.2, 0.25) is 5.02 Å². The predicted octanol–water partition coefficient (Wildman–Crippen LogP) is -0.145. The van der Waals surface area contributed by atoms with Gasteiger partial charge in [-0.05, 0) is 6.07 Å². The van der Waals surface area contributed by atoms with Gasteiger partial charge in [0.25, 0.3) is 5.91 Å². The fourth-order valence-corrected chi connectivity index (χ4v) is 2.88. The maximum atomic E-state index is 12.4. The lowest BCUT2D eigenvalue weighted by Gasteiger charge is -2.20. The molecule has 3 N–H and O–H groups in total.